The third-order valence-electron chi connectivity index (χ3n) is 3.39. The van der Waals surface area contributed by atoms with Crippen molar-refractivity contribution in [1.29, 1.82) is 0 Å². The van der Waals surface area contributed by atoms with E-state index in [1.807, 2.05) is 19.9 Å². The fourth-order valence-electron chi connectivity index (χ4n) is 2.29. The zero-order chi connectivity index (χ0) is 15.2. The molecule has 0 aliphatic carbocycles. The minimum atomic E-state index is 0.531. The molecule has 0 radical (unpaired) electrons. The van der Waals surface area contributed by atoms with Gasteiger partial charge in [0.25, 0.3) is 0 Å². The molecule has 21 heavy (non-hydrogen) atoms. The van der Waals surface area contributed by atoms with Crippen LogP contribution in [0.25, 0.3) is 11.5 Å². The lowest BCUT2D eigenvalue weighted by Crippen LogP contribution is -2.24. The van der Waals surface area contributed by atoms with Crippen molar-refractivity contribution in [3.8, 4) is 11.5 Å². The first-order valence-electron chi connectivity index (χ1n) is 7.42. The number of hydrogen-bond donors (Lipinski definition) is 1. The molecule has 0 bridgehead atoms. The molecule has 0 amide bonds. The van der Waals surface area contributed by atoms with Gasteiger partial charge in [0.1, 0.15) is 12.0 Å². The van der Waals surface area contributed by atoms with Crippen LogP contribution in [-0.4, -0.2) is 32.5 Å². The average Bonchev–Trinajstić information content (AvgIpc) is 2.46. The van der Waals surface area contributed by atoms with E-state index in [2.05, 4.69) is 39.1 Å². The monoisotopic (exact) mass is 285 g/mol. The highest BCUT2D eigenvalue weighted by atomic mass is 14.9. The summed E-state index contributed by atoms with van der Waals surface area (Å²) in [6.45, 7) is 9.44. The lowest BCUT2D eigenvalue weighted by molar-refractivity contribution is 0.569. The first kappa shape index (κ1) is 15.5. The molecule has 2 rings (SSSR count). The fourth-order valence-corrected chi connectivity index (χ4v) is 2.29. The molecule has 0 spiro atoms. The SMILES string of the molecule is Cc1nc(-c2ccncn2)nc(C)c1CCCNC(C)C. The van der Waals surface area contributed by atoms with Crippen molar-refractivity contribution in [2.24, 2.45) is 0 Å². The van der Waals surface area contributed by atoms with E-state index in [1.165, 1.54) is 11.9 Å². The number of hydrogen-bond acceptors (Lipinski definition) is 5. The number of aryl methyl sites for hydroxylation is 2. The molecule has 0 aromatic carbocycles. The van der Waals surface area contributed by atoms with Crippen molar-refractivity contribution in [1.82, 2.24) is 25.3 Å². The first-order valence-corrected chi connectivity index (χ1v) is 7.42. The second kappa shape index (κ2) is 7.22. The van der Waals surface area contributed by atoms with E-state index in [0.29, 0.717) is 11.9 Å². The quantitative estimate of drug-likeness (QED) is 0.826. The predicted octanol–water partition coefficient (Wildman–Crippen LogP) is 2.48. The second-order valence-corrected chi connectivity index (χ2v) is 5.50. The van der Waals surface area contributed by atoms with Gasteiger partial charge >= 0.3 is 0 Å². The largest absolute Gasteiger partial charge is 0.315 e. The Kier molecular flexibility index (Phi) is 5.33. The molecule has 5 heteroatoms. The van der Waals surface area contributed by atoms with Crippen LogP contribution >= 0.6 is 0 Å². The molecule has 0 unspecified atom stereocenters. The van der Waals surface area contributed by atoms with Gasteiger partial charge in [-0.1, -0.05) is 13.8 Å². The van der Waals surface area contributed by atoms with Crippen LogP contribution < -0.4 is 5.32 Å². The zero-order valence-electron chi connectivity index (χ0n) is 13.2. The summed E-state index contributed by atoms with van der Waals surface area (Å²) in [7, 11) is 0. The van der Waals surface area contributed by atoms with Crippen LogP contribution in [0.5, 0.6) is 0 Å². The van der Waals surface area contributed by atoms with Gasteiger partial charge in [-0.25, -0.2) is 19.9 Å². The van der Waals surface area contributed by atoms with Crippen LogP contribution in [0.4, 0.5) is 0 Å². The van der Waals surface area contributed by atoms with Crippen LogP contribution in [0.2, 0.25) is 0 Å². The molecule has 2 heterocycles. The Hall–Kier alpha value is -1.88. The van der Waals surface area contributed by atoms with Crippen LogP contribution in [-0.2, 0) is 6.42 Å². The van der Waals surface area contributed by atoms with Gasteiger partial charge in [0.2, 0.25) is 0 Å². The highest BCUT2D eigenvalue weighted by molar-refractivity contribution is 5.49. The highest BCUT2D eigenvalue weighted by Gasteiger charge is 2.10. The Bertz CT molecular complexity index is 557. The van der Waals surface area contributed by atoms with E-state index in [9.17, 15) is 0 Å². The third kappa shape index (κ3) is 4.29. The van der Waals surface area contributed by atoms with Crippen molar-refractivity contribution in [2.45, 2.75) is 46.6 Å². The summed E-state index contributed by atoms with van der Waals surface area (Å²) in [4.78, 5) is 17.3. The first-order chi connectivity index (χ1) is 10.1. The maximum atomic E-state index is 4.60. The van der Waals surface area contributed by atoms with Gasteiger partial charge in [-0.15, -0.1) is 0 Å². The van der Waals surface area contributed by atoms with E-state index in [4.69, 9.17) is 0 Å². The molecule has 0 fully saturated rings. The summed E-state index contributed by atoms with van der Waals surface area (Å²) >= 11 is 0. The molecule has 1 N–H and O–H groups in total. The Balaban J connectivity index is 2.11. The van der Waals surface area contributed by atoms with E-state index >= 15 is 0 Å². The van der Waals surface area contributed by atoms with Crippen molar-refractivity contribution >= 4 is 0 Å². The summed E-state index contributed by atoms with van der Waals surface area (Å²) in [5.74, 6) is 0.677. The maximum Gasteiger partial charge on any atom is 0.178 e. The van der Waals surface area contributed by atoms with E-state index in [1.54, 1.807) is 6.20 Å². The Labute approximate surface area is 126 Å². The highest BCUT2D eigenvalue weighted by Crippen LogP contribution is 2.17. The summed E-state index contributed by atoms with van der Waals surface area (Å²) in [6.07, 6.45) is 5.33. The summed E-state index contributed by atoms with van der Waals surface area (Å²) < 4.78 is 0. The normalized spacial score (nSPS) is 11.1. The van der Waals surface area contributed by atoms with Gasteiger partial charge in [0, 0.05) is 23.6 Å². The zero-order valence-corrected chi connectivity index (χ0v) is 13.2. The Morgan fingerprint density at radius 3 is 2.43 bits per heavy atom. The van der Waals surface area contributed by atoms with Crippen LogP contribution in [0, 0.1) is 13.8 Å². The van der Waals surface area contributed by atoms with Crippen molar-refractivity contribution < 1.29 is 0 Å². The molecule has 2 aromatic rings. The molecular weight excluding hydrogens is 262 g/mol. The Morgan fingerprint density at radius 2 is 1.86 bits per heavy atom. The van der Waals surface area contributed by atoms with Crippen molar-refractivity contribution in [3.05, 3.63) is 35.5 Å². The van der Waals surface area contributed by atoms with Gasteiger partial charge in [0.15, 0.2) is 5.82 Å². The smallest absolute Gasteiger partial charge is 0.178 e. The average molecular weight is 285 g/mol. The molecule has 0 saturated heterocycles. The number of rotatable bonds is 6. The van der Waals surface area contributed by atoms with E-state index in [-0.39, 0.29) is 0 Å². The molecule has 0 aliphatic rings. The topological polar surface area (TPSA) is 63.6 Å². The minimum Gasteiger partial charge on any atom is -0.315 e. The van der Waals surface area contributed by atoms with Crippen molar-refractivity contribution in [3.63, 3.8) is 0 Å². The second-order valence-electron chi connectivity index (χ2n) is 5.50. The predicted molar refractivity (Wildman–Crippen MR) is 84.0 cm³/mol. The third-order valence-corrected chi connectivity index (χ3v) is 3.39. The summed E-state index contributed by atoms with van der Waals surface area (Å²) in [6, 6.07) is 2.36. The van der Waals surface area contributed by atoms with Gasteiger partial charge < -0.3 is 5.32 Å². The van der Waals surface area contributed by atoms with E-state index in [0.717, 1.165) is 36.5 Å². The number of aromatic nitrogens is 4. The molecule has 0 saturated carbocycles. The summed E-state index contributed by atoms with van der Waals surface area (Å²) in [5.41, 5.74) is 4.10. The molecular formula is C16H23N5. The molecule has 0 atom stereocenters. The van der Waals surface area contributed by atoms with Crippen LogP contribution in [0.1, 0.15) is 37.2 Å². The molecule has 112 valence electrons. The molecule has 0 aliphatic heterocycles. The standard InChI is InChI=1S/C16H23N5/c1-11(2)18-8-5-6-14-12(3)20-16(21-13(14)4)15-7-9-17-10-19-15/h7,9-11,18H,5-6,8H2,1-4H3. The lowest BCUT2D eigenvalue weighted by Gasteiger charge is -2.12. The lowest BCUT2D eigenvalue weighted by atomic mass is 10.1. The van der Waals surface area contributed by atoms with Gasteiger partial charge in [-0.3, -0.25) is 0 Å². The van der Waals surface area contributed by atoms with Crippen LogP contribution in [0.3, 0.4) is 0 Å². The van der Waals surface area contributed by atoms with E-state index < -0.39 is 0 Å². The van der Waals surface area contributed by atoms with Gasteiger partial charge in [-0.2, -0.15) is 0 Å². The molecule has 2 aromatic heterocycles. The number of nitrogens with one attached hydrogen (secondary N) is 1. The van der Waals surface area contributed by atoms with Crippen LogP contribution in [0.15, 0.2) is 18.6 Å². The van der Waals surface area contributed by atoms with Gasteiger partial charge in [-0.05, 0) is 44.9 Å². The Morgan fingerprint density at radius 1 is 1.14 bits per heavy atom. The summed E-state index contributed by atoms with van der Waals surface area (Å²) in [5, 5.41) is 3.43. The fraction of sp³-hybridized carbons (Fsp3) is 0.500. The maximum absolute atomic E-state index is 4.60. The van der Waals surface area contributed by atoms with Gasteiger partial charge in [0.05, 0.1) is 0 Å². The van der Waals surface area contributed by atoms with Crippen molar-refractivity contribution in [2.75, 3.05) is 6.54 Å². The minimum absolute atomic E-state index is 0.531. The molecule has 5 nitrogen and oxygen atoms in total. The number of nitrogens with zero attached hydrogens (tertiary/aromatic N) is 4.